The van der Waals surface area contributed by atoms with Gasteiger partial charge in [-0.3, -0.25) is 4.40 Å². The molecule has 0 atom stereocenters. The Kier molecular flexibility index (Phi) is 4.29. The zero-order valence-electron chi connectivity index (χ0n) is 15.9. The molecule has 0 spiro atoms. The van der Waals surface area contributed by atoms with Gasteiger partial charge in [0.1, 0.15) is 11.9 Å². The van der Waals surface area contributed by atoms with Gasteiger partial charge in [-0.15, -0.1) is 0 Å². The Hall–Kier alpha value is -3.32. The quantitative estimate of drug-likeness (QED) is 0.524. The van der Waals surface area contributed by atoms with E-state index in [1.807, 2.05) is 25.1 Å². The highest BCUT2D eigenvalue weighted by atomic mass is 15.1. The molecule has 4 rings (SSSR count). The van der Waals surface area contributed by atoms with Crippen LogP contribution in [0.1, 0.15) is 36.1 Å². The number of fused-ring (bicyclic) bond motifs is 3. The second kappa shape index (κ2) is 6.77. The van der Waals surface area contributed by atoms with Crippen LogP contribution in [-0.4, -0.2) is 9.38 Å². The Balaban J connectivity index is 2.03. The fourth-order valence-corrected chi connectivity index (χ4v) is 3.71. The van der Waals surface area contributed by atoms with Gasteiger partial charge in [0.05, 0.1) is 16.6 Å². The molecular weight excluding hydrogens is 332 g/mol. The van der Waals surface area contributed by atoms with E-state index in [-0.39, 0.29) is 0 Å². The van der Waals surface area contributed by atoms with Gasteiger partial charge in [0, 0.05) is 5.69 Å². The van der Waals surface area contributed by atoms with Crippen molar-refractivity contribution in [3.8, 4) is 6.07 Å². The number of nitriles is 1. The topological polar surface area (TPSA) is 53.1 Å². The first-order valence-corrected chi connectivity index (χ1v) is 9.36. The van der Waals surface area contributed by atoms with Crippen LogP contribution in [0.15, 0.2) is 48.5 Å². The normalized spacial score (nSPS) is 11.0. The van der Waals surface area contributed by atoms with E-state index in [9.17, 15) is 5.26 Å². The van der Waals surface area contributed by atoms with Crippen LogP contribution in [0, 0.1) is 18.3 Å². The fraction of sp³-hybridized carbons (Fsp3) is 0.217. The molecule has 0 radical (unpaired) electrons. The summed E-state index contributed by atoms with van der Waals surface area (Å²) < 4.78 is 2.09. The summed E-state index contributed by atoms with van der Waals surface area (Å²) in [5.74, 6) is 0.988. The highest BCUT2D eigenvalue weighted by Crippen LogP contribution is 2.33. The SMILES string of the molecule is CCc1ccc(Nc2c(CC)c(C)c(C#N)c3nc4ccccc4n23)cc1. The van der Waals surface area contributed by atoms with E-state index in [0.29, 0.717) is 11.2 Å². The van der Waals surface area contributed by atoms with E-state index in [4.69, 9.17) is 4.98 Å². The molecule has 0 bridgehead atoms. The Morgan fingerprint density at radius 3 is 2.44 bits per heavy atom. The number of imidazole rings is 1. The van der Waals surface area contributed by atoms with Crippen LogP contribution in [0.3, 0.4) is 0 Å². The number of nitrogens with one attached hydrogen (secondary N) is 1. The number of benzene rings is 2. The maximum atomic E-state index is 9.78. The lowest BCUT2D eigenvalue weighted by atomic mass is 10.0. The minimum absolute atomic E-state index is 0.648. The number of anilines is 2. The molecule has 2 heterocycles. The van der Waals surface area contributed by atoms with Crippen LogP contribution in [0.2, 0.25) is 0 Å². The monoisotopic (exact) mass is 354 g/mol. The second-order valence-corrected chi connectivity index (χ2v) is 6.73. The number of aromatic nitrogens is 2. The van der Waals surface area contributed by atoms with Crippen LogP contribution in [0.25, 0.3) is 16.7 Å². The van der Waals surface area contributed by atoms with Gasteiger partial charge in [0.15, 0.2) is 5.65 Å². The van der Waals surface area contributed by atoms with E-state index in [1.165, 1.54) is 5.56 Å². The lowest BCUT2D eigenvalue weighted by molar-refractivity contribution is 1.05. The van der Waals surface area contributed by atoms with Gasteiger partial charge in [-0.2, -0.15) is 5.26 Å². The summed E-state index contributed by atoms with van der Waals surface area (Å²) in [6.07, 6.45) is 1.85. The Morgan fingerprint density at radius 1 is 1.04 bits per heavy atom. The van der Waals surface area contributed by atoms with E-state index < -0.39 is 0 Å². The van der Waals surface area contributed by atoms with Gasteiger partial charge in [-0.1, -0.05) is 38.1 Å². The summed E-state index contributed by atoms with van der Waals surface area (Å²) in [6.45, 7) is 6.30. The molecular formula is C23H22N4. The van der Waals surface area contributed by atoms with Gasteiger partial charge in [-0.05, 0) is 60.7 Å². The summed E-state index contributed by atoms with van der Waals surface area (Å²) in [6, 6.07) is 18.9. The standard InChI is InChI=1S/C23H22N4/c1-4-16-10-12-17(13-11-16)25-22-18(5-2)15(3)19(14-24)23-26-20-8-6-7-9-21(20)27(22)23/h6-13,25H,4-5H2,1-3H3. The largest absolute Gasteiger partial charge is 0.341 e. The number of para-hydroxylation sites is 2. The Labute approximate surface area is 159 Å². The number of rotatable bonds is 4. The first-order valence-electron chi connectivity index (χ1n) is 9.36. The number of pyridine rings is 1. The zero-order chi connectivity index (χ0) is 19.0. The summed E-state index contributed by atoms with van der Waals surface area (Å²) in [4.78, 5) is 4.75. The molecule has 0 saturated heterocycles. The number of hydrogen-bond acceptors (Lipinski definition) is 3. The zero-order valence-corrected chi connectivity index (χ0v) is 15.9. The molecule has 0 unspecified atom stereocenters. The predicted molar refractivity (Wildman–Crippen MR) is 111 cm³/mol. The maximum absolute atomic E-state index is 9.78. The van der Waals surface area contributed by atoms with Crippen molar-refractivity contribution >= 4 is 28.2 Å². The fourth-order valence-electron chi connectivity index (χ4n) is 3.71. The van der Waals surface area contributed by atoms with Crippen LogP contribution >= 0.6 is 0 Å². The lowest BCUT2D eigenvalue weighted by Crippen LogP contribution is -2.07. The second-order valence-electron chi connectivity index (χ2n) is 6.73. The average Bonchev–Trinajstić information content (AvgIpc) is 3.08. The molecule has 0 aliphatic carbocycles. The first-order chi connectivity index (χ1) is 13.2. The third kappa shape index (κ3) is 2.72. The van der Waals surface area contributed by atoms with Crippen molar-refractivity contribution in [1.29, 1.82) is 5.26 Å². The van der Waals surface area contributed by atoms with Crippen LogP contribution in [0.5, 0.6) is 0 Å². The molecule has 2 aromatic carbocycles. The molecule has 4 heteroatoms. The van der Waals surface area contributed by atoms with E-state index in [0.717, 1.165) is 46.5 Å². The van der Waals surface area contributed by atoms with Gasteiger partial charge >= 0.3 is 0 Å². The van der Waals surface area contributed by atoms with Crippen molar-refractivity contribution in [2.45, 2.75) is 33.6 Å². The summed E-state index contributed by atoms with van der Waals surface area (Å²) >= 11 is 0. The Bertz CT molecular complexity index is 1180. The van der Waals surface area contributed by atoms with Crippen molar-refractivity contribution in [3.05, 3.63) is 70.8 Å². The number of hydrogen-bond donors (Lipinski definition) is 1. The van der Waals surface area contributed by atoms with Crippen molar-refractivity contribution in [2.75, 3.05) is 5.32 Å². The molecule has 1 N–H and O–H groups in total. The summed E-state index contributed by atoms with van der Waals surface area (Å²) in [5, 5.41) is 13.4. The molecule has 134 valence electrons. The number of nitrogens with zero attached hydrogens (tertiary/aromatic N) is 3. The van der Waals surface area contributed by atoms with Gasteiger partial charge in [-0.25, -0.2) is 4.98 Å². The van der Waals surface area contributed by atoms with Crippen molar-refractivity contribution < 1.29 is 0 Å². The molecule has 0 aliphatic heterocycles. The highest BCUT2D eigenvalue weighted by molar-refractivity contribution is 5.87. The smallest absolute Gasteiger partial charge is 0.157 e. The summed E-state index contributed by atoms with van der Waals surface area (Å²) in [7, 11) is 0. The third-order valence-electron chi connectivity index (χ3n) is 5.21. The molecule has 0 amide bonds. The molecule has 4 aromatic rings. The third-order valence-corrected chi connectivity index (χ3v) is 5.21. The lowest BCUT2D eigenvalue weighted by Gasteiger charge is -2.18. The minimum atomic E-state index is 0.648. The molecule has 0 aliphatic rings. The predicted octanol–water partition coefficient (Wildman–Crippen LogP) is 5.54. The summed E-state index contributed by atoms with van der Waals surface area (Å²) in [5.41, 5.74) is 7.74. The van der Waals surface area contributed by atoms with Crippen LogP contribution in [-0.2, 0) is 12.8 Å². The molecule has 0 saturated carbocycles. The molecule has 4 nitrogen and oxygen atoms in total. The van der Waals surface area contributed by atoms with Gasteiger partial charge in [0.2, 0.25) is 0 Å². The molecule has 0 fully saturated rings. The molecule has 27 heavy (non-hydrogen) atoms. The minimum Gasteiger partial charge on any atom is -0.341 e. The highest BCUT2D eigenvalue weighted by Gasteiger charge is 2.19. The first kappa shape index (κ1) is 17.1. The van der Waals surface area contributed by atoms with Gasteiger partial charge < -0.3 is 5.32 Å². The van der Waals surface area contributed by atoms with Crippen molar-refractivity contribution in [2.24, 2.45) is 0 Å². The van der Waals surface area contributed by atoms with E-state index in [1.54, 1.807) is 0 Å². The van der Waals surface area contributed by atoms with Crippen LogP contribution in [0.4, 0.5) is 11.5 Å². The van der Waals surface area contributed by atoms with Crippen molar-refractivity contribution in [1.82, 2.24) is 9.38 Å². The van der Waals surface area contributed by atoms with Crippen LogP contribution < -0.4 is 5.32 Å². The van der Waals surface area contributed by atoms with Gasteiger partial charge in [0.25, 0.3) is 0 Å². The van der Waals surface area contributed by atoms with Crippen molar-refractivity contribution in [3.63, 3.8) is 0 Å². The average molecular weight is 354 g/mol. The van der Waals surface area contributed by atoms with E-state index >= 15 is 0 Å². The number of aryl methyl sites for hydroxylation is 1. The van der Waals surface area contributed by atoms with E-state index in [2.05, 4.69) is 60.0 Å². The molecule has 2 aromatic heterocycles. The maximum Gasteiger partial charge on any atom is 0.157 e. The Morgan fingerprint density at radius 2 is 1.78 bits per heavy atom.